The van der Waals surface area contributed by atoms with Crippen molar-refractivity contribution in [2.24, 2.45) is 0 Å². The molecule has 1 aromatic carbocycles. The Hall–Kier alpha value is -2.09. The number of benzene rings is 1. The van der Waals surface area contributed by atoms with Crippen molar-refractivity contribution in [3.63, 3.8) is 0 Å². The average Bonchev–Trinajstić information content (AvgIpc) is 2.38. The van der Waals surface area contributed by atoms with Gasteiger partial charge in [-0.25, -0.2) is 0 Å². The molecule has 0 aromatic heterocycles. The van der Waals surface area contributed by atoms with Crippen LogP contribution in [0.5, 0.6) is 0 Å². The lowest BCUT2D eigenvalue weighted by atomic mass is 10.2. The van der Waals surface area contributed by atoms with E-state index in [9.17, 15) is 22.8 Å². The molecule has 1 aromatic rings. The number of hydrogen-bond donors (Lipinski definition) is 2. The lowest BCUT2D eigenvalue weighted by Crippen LogP contribution is -2.30. The molecule has 0 saturated heterocycles. The Labute approximate surface area is 119 Å². The number of amides is 2. The number of rotatable bonds is 6. The summed E-state index contributed by atoms with van der Waals surface area (Å²) in [5, 5.41) is 4.80. The minimum atomic E-state index is -4.43. The van der Waals surface area contributed by atoms with Gasteiger partial charge in [0, 0.05) is 19.3 Å². The molecule has 0 spiro atoms. The molecule has 1 rings (SSSR count). The summed E-state index contributed by atoms with van der Waals surface area (Å²) in [6, 6.07) is 3.97. The second-order valence-corrected chi connectivity index (χ2v) is 4.14. The van der Waals surface area contributed by atoms with Crippen molar-refractivity contribution in [1.29, 1.82) is 0 Å². The van der Waals surface area contributed by atoms with Gasteiger partial charge in [0.25, 0.3) is 0 Å². The number of nitrogens with one attached hydrogen (secondary N) is 2. The quantitative estimate of drug-likeness (QED) is 0.622. The molecule has 0 unspecified atom stereocenters. The van der Waals surface area contributed by atoms with Crippen LogP contribution in [0, 0.1) is 0 Å². The van der Waals surface area contributed by atoms with E-state index in [4.69, 9.17) is 4.74 Å². The summed E-state index contributed by atoms with van der Waals surface area (Å²) in [5.41, 5.74) is -0.615. The Morgan fingerprint density at radius 3 is 2.29 bits per heavy atom. The van der Waals surface area contributed by atoms with E-state index in [0.717, 1.165) is 24.3 Å². The van der Waals surface area contributed by atoms with E-state index in [2.05, 4.69) is 10.6 Å². The van der Waals surface area contributed by atoms with Gasteiger partial charge in [0.05, 0.1) is 12.2 Å². The molecule has 2 amide bonds. The molecule has 0 aliphatic carbocycles. The van der Waals surface area contributed by atoms with E-state index in [1.54, 1.807) is 0 Å². The molecule has 8 heteroatoms. The van der Waals surface area contributed by atoms with Gasteiger partial charge in [-0.05, 0) is 24.3 Å². The van der Waals surface area contributed by atoms with E-state index in [0.29, 0.717) is 6.61 Å². The van der Waals surface area contributed by atoms with Crippen LogP contribution in [0.3, 0.4) is 0 Å². The van der Waals surface area contributed by atoms with Crippen molar-refractivity contribution in [2.75, 3.05) is 25.6 Å². The van der Waals surface area contributed by atoms with Crippen LogP contribution in [0.15, 0.2) is 24.3 Å². The molecule has 0 aliphatic heterocycles. The van der Waals surface area contributed by atoms with Crippen LogP contribution in [0.2, 0.25) is 0 Å². The first-order valence-corrected chi connectivity index (χ1v) is 6.05. The van der Waals surface area contributed by atoms with Crippen molar-refractivity contribution in [3.05, 3.63) is 29.8 Å². The molecular weight excluding hydrogens is 289 g/mol. The van der Waals surface area contributed by atoms with Gasteiger partial charge in [-0.15, -0.1) is 0 Å². The number of methoxy groups -OCH3 is 1. The fourth-order valence-electron chi connectivity index (χ4n) is 1.45. The maximum absolute atomic E-state index is 12.4. The fraction of sp³-hybridized carbons (Fsp3) is 0.385. The first kappa shape index (κ1) is 17.0. The van der Waals surface area contributed by atoms with Crippen LogP contribution in [0.1, 0.15) is 12.0 Å². The normalized spacial score (nSPS) is 11.0. The highest BCUT2D eigenvalue weighted by molar-refractivity contribution is 6.03. The van der Waals surface area contributed by atoms with Gasteiger partial charge >= 0.3 is 6.18 Å². The third-order valence-electron chi connectivity index (χ3n) is 2.45. The minimum absolute atomic E-state index is 0.192. The van der Waals surface area contributed by atoms with Crippen LogP contribution in [-0.4, -0.2) is 32.1 Å². The van der Waals surface area contributed by atoms with Gasteiger partial charge in [0.2, 0.25) is 11.8 Å². The van der Waals surface area contributed by atoms with Crippen LogP contribution < -0.4 is 10.6 Å². The second kappa shape index (κ2) is 7.63. The first-order chi connectivity index (χ1) is 9.82. The van der Waals surface area contributed by atoms with Crippen molar-refractivity contribution in [1.82, 2.24) is 5.32 Å². The van der Waals surface area contributed by atoms with Crippen LogP contribution >= 0.6 is 0 Å². The van der Waals surface area contributed by atoms with Gasteiger partial charge in [0.1, 0.15) is 6.42 Å². The maximum Gasteiger partial charge on any atom is 0.416 e. The SMILES string of the molecule is COCCNC(=O)CC(=O)Nc1ccc(C(F)(F)F)cc1. The Bertz CT molecular complexity index is 486. The van der Waals surface area contributed by atoms with Gasteiger partial charge in [-0.3, -0.25) is 9.59 Å². The Morgan fingerprint density at radius 1 is 1.14 bits per heavy atom. The van der Waals surface area contributed by atoms with Crippen molar-refractivity contribution in [3.8, 4) is 0 Å². The molecule has 2 N–H and O–H groups in total. The summed E-state index contributed by atoms with van der Waals surface area (Å²) < 4.78 is 41.8. The zero-order valence-electron chi connectivity index (χ0n) is 11.3. The third kappa shape index (κ3) is 6.26. The lowest BCUT2D eigenvalue weighted by molar-refractivity contribution is -0.137. The van der Waals surface area contributed by atoms with Gasteiger partial charge < -0.3 is 15.4 Å². The van der Waals surface area contributed by atoms with E-state index < -0.39 is 30.0 Å². The summed E-state index contributed by atoms with van der Waals surface area (Å²) in [7, 11) is 1.48. The summed E-state index contributed by atoms with van der Waals surface area (Å²) in [5.74, 6) is -1.10. The summed E-state index contributed by atoms with van der Waals surface area (Å²) in [4.78, 5) is 22.8. The average molecular weight is 304 g/mol. The lowest BCUT2D eigenvalue weighted by Gasteiger charge is -2.09. The molecule has 0 atom stereocenters. The summed E-state index contributed by atoms with van der Waals surface area (Å²) in [6.45, 7) is 0.606. The van der Waals surface area contributed by atoms with E-state index >= 15 is 0 Å². The number of carbonyl (C=O) groups excluding carboxylic acids is 2. The molecule has 21 heavy (non-hydrogen) atoms. The monoisotopic (exact) mass is 304 g/mol. The Kier molecular flexibility index (Phi) is 6.16. The largest absolute Gasteiger partial charge is 0.416 e. The number of ether oxygens (including phenoxy) is 1. The number of halogens is 3. The predicted octanol–water partition coefficient (Wildman–Crippen LogP) is 1.80. The van der Waals surface area contributed by atoms with Gasteiger partial charge in [-0.2, -0.15) is 13.2 Å². The van der Waals surface area contributed by atoms with E-state index in [1.165, 1.54) is 7.11 Å². The molecule has 116 valence electrons. The summed E-state index contributed by atoms with van der Waals surface area (Å²) in [6.07, 6.45) is -4.84. The zero-order valence-corrected chi connectivity index (χ0v) is 11.3. The molecule has 5 nitrogen and oxygen atoms in total. The van der Waals surface area contributed by atoms with E-state index in [1.807, 2.05) is 0 Å². The zero-order chi connectivity index (χ0) is 15.9. The second-order valence-electron chi connectivity index (χ2n) is 4.14. The van der Waals surface area contributed by atoms with Gasteiger partial charge in [-0.1, -0.05) is 0 Å². The number of anilines is 1. The van der Waals surface area contributed by atoms with Crippen molar-refractivity contribution >= 4 is 17.5 Å². The molecule has 0 saturated carbocycles. The van der Waals surface area contributed by atoms with Crippen LogP contribution in [0.4, 0.5) is 18.9 Å². The molecule has 0 bridgehead atoms. The molecule has 0 radical (unpaired) electrons. The van der Waals surface area contributed by atoms with Crippen molar-refractivity contribution in [2.45, 2.75) is 12.6 Å². The molecule has 0 aliphatic rings. The van der Waals surface area contributed by atoms with E-state index in [-0.39, 0.29) is 12.2 Å². The highest BCUT2D eigenvalue weighted by Crippen LogP contribution is 2.29. The Balaban J connectivity index is 2.46. The fourth-order valence-corrected chi connectivity index (χ4v) is 1.45. The molecule has 0 fully saturated rings. The maximum atomic E-state index is 12.4. The third-order valence-corrected chi connectivity index (χ3v) is 2.45. The minimum Gasteiger partial charge on any atom is -0.383 e. The number of hydrogen-bond acceptors (Lipinski definition) is 3. The van der Waals surface area contributed by atoms with Crippen LogP contribution in [0.25, 0.3) is 0 Å². The van der Waals surface area contributed by atoms with Crippen molar-refractivity contribution < 1.29 is 27.5 Å². The Morgan fingerprint density at radius 2 is 1.76 bits per heavy atom. The van der Waals surface area contributed by atoms with Gasteiger partial charge in [0.15, 0.2) is 0 Å². The molecular formula is C13H15F3N2O3. The number of alkyl halides is 3. The first-order valence-electron chi connectivity index (χ1n) is 6.05. The molecule has 0 heterocycles. The highest BCUT2D eigenvalue weighted by Gasteiger charge is 2.29. The topological polar surface area (TPSA) is 67.4 Å². The standard InChI is InChI=1S/C13H15F3N2O3/c1-21-7-6-17-11(19)8-12(20)18-10-4-2-9(3-5-10)13(14,15)16/h2-5H,6-8H2,1H3,(H,17,19)(H,18,20). The number of carbonyl (C=O) groups is 2. The summed E-state index contributed by atoms with van der Waals surface area (Å²) >= 11 is 0. The van der Waals surface area contributed by atoms with Crippen LogP contribution in [-0.2, 0) is 20.5 Å². The predicted molar refractivity (Wildman–Crippen MR) is 69.6 cm³/mol. The smallest absolute Gasteiger partial charge is 0.383 e. The highest BCUT2D eigenvalue weighted by atomic mass is 19.4.